The Labute approximate surface area is 98.7 Å². The van der Waals surface area contributed by atoms with Crippen molar-refractivity contribution in [3.63, 3.8) is 0 Å². The molecule has 1 atom stereocenters. The van der Waals surface area contributed by atoms with Gasteiger partial charge in [0.2, 0.25) is 0 Å². The summed E-state index contributed by atoms with van der Waals surface area (Å²) in [5, 5.41) is 10.1. The number of esters is 1. The van der Waals surface area contributed by atoms with Crippen LogP contribution in [0.25, 0.3) is 0 Å². The molecule has 1 aromatic rings. The molecule has 0 aliphatic carbocycles. The highest BCUT2D eigenvalue weighted by Crippen LogP contribution is 2.24. The third-order valence-corrected chi connectivity index (χ3v) is 2.28. The first kappa shape index (κ1) is 12.8. The number of rotatable bonds is 4. The van der Waals surface area contributed by atoms with Gasteiger partial charge < -0.3 is 14.6 Å². The molecule has 0 aliphatic rings. The van der Waals surface area contributed by atoms with Gasteiger partial charge in [-0.05, 0) is 19.1 Å². The first-order chi connectivity index (χ1) is 7.47. The van der Waals surface area contributed by atoms with E-state index in [1.807, 2.05) is 0 Å². The largest absolute Gasteiger partial charge is 0.488 e. The fourth-order valence-electron chi connectivity index (χ4n) is 1.06. The van der Waals surface area contributed by atoms with Crippen molar-refractivity contribution < 1.29 is 19.4 Å². The number of carbonyl (C=O) groups excluding carboxylic acids is 1. The molecule has 1 rings (SSSR count). The summed E-state index contributed by atoms with van der Waals surface area (Å²) in [5.41, 5.74) is -1.69. The van der Waals surface area contributed by atoms with Crippen LogP contribution in [0.5, 0.6) is 5.75 Å². The summed E-state index contributed by atoms with van der Waals surface area (Å²) >= 11 is 5.84. The highest BCUT2D eigenvalue weighted by Gasteiger charge is 2.32. The summed E-state index contributed by atoms with van der Waals surface area (Å²) in [6.07, 6.45) is 0. The van der Waals surface area contributed by atoms with Crippen molar-refractivity contribution in [3.8, 4) is 5.75 Å². The fraction of sp³-hybridized carbons (Fsp3) is 0.364. The zero-order valence-corrected chi connectivity index (χ0v) is 9.82. The monoisotopic (exact) mass is 244 g/mol. The molecule has 1 N–H and O–H groups in total. The van der Waals surface area contributed by atoms with Crippen molar-refractivity contribution in [1.82, 2.24) is 0 Å². The van der Waals surface area contributed by atoms with Crippen LogP contribution in [-0.2, 0) is 9.53 Å². The molecule has 0 spiro atoms. The summed E-state index contributed by atoms with van der Waals surface area (Å²) in [5.74, 6) is -0.340. The Morgan fingerprint density at radius 2 is 2.12 bits per heavy atom. The molecule has 0 radical (unpaired) electrons. The zero-order valence-electron chi connectivity index (χ0n) is 9.07. The molecular formula is C11H13ClO4. The molecule has 0 aliphatic heterocycles. The Balaban J connectivity index is 2.65. The van der Waals surface area contributed by atoms with Gasteiger partial charge in [-0.3, -0.25) is 0 Å². The van der Waals surface area contributed by atoms with E-state index in [2.05, 4.69) is 4.74 Å². The van der Waals surface area contributed by atoms with Gasteiger partial charge in [0, 0.05) is 0 Å². The van der Waals surface area contributed by atoms with Crippen molar-refractivity contribution in [2.24, 2.45) is 0 Å². The summed E-state index contributed by atoms with van der Waals surface area (Å²) in [7, 11) is 1.20. The first-order valence-electron chi connectivity index (χ1n) is 4.65. The van der Waals surface area contributed by atoms with Gasteiger partial charge in [0.15, 0.2) is 5.60 Å². The number of aliphatic hydroxyl groups is 1. The average molecular weight is 245 g/mol. The lowest BCUT2D eigenvalue weighted by atomic mass is 10.1. The Bertz CT molecular complexity index is 376. The van der Waals surface area contributed by atoms with Crippen LogP contribution in [-0.4, -0.2) is 30.4 Å². The summed E-state index contributed by atoms with van der Waals surface area (Å²) in [6.45, 7) is 1.10. The van der Waals surface area contributed by atoms with Crippen LogP contribution in [0.2, 0.25) is 5.02 Å². The van der Waals surface area contributed by atoms with Crippen LogP contribution in [0.1, 0.15) is 6.92 Å². The van der Waals surface area contributed by atoms with Crippen LogP contribution in [0.15, 0.2) is 24.3 Å². The Hall–Kier alpha value is -1.26. The Morgan fingerprint density at radius 1 is 1.50 bits per heavy atom. The van der Waals surface area contributed by atoms with Crippen LogP contribution in [0.4, 0.5) is 0 Å². The van der Waals surface area contributed by atoms with Crippen molar-refractivity contribution in [1.29, 1.82) is 0 Å². The predicted octanol–water partition coefficient (Wildman–Crippen LogP) is 1.64. The smallest absolute Gasteiger partial charge is 0.341 e. The standard InChI is InChI=1S/C11H13ClO4/c1-11(14,10(13)15-2)7-16-9-6-4-3-5-8(9)12/h3-6,14H,7H2,1-2H3. The molecular weight excluding hydrogens is 232 g/mol. The van der Waals surface area contributed by atoms with E-state index in [1.165, 1.54) is 14.0 Å². The van der Waals surface area contributed by atoms with Gasteiger partial charge in [-0.15, -0.1) is 0 Å². The minimum Gasteiger partial charge on any atom is -0.488 e. The molecule has 0 heterocycles. The number of para-hydroxylation sites is 1. The van der Waals surface area contributed by atoms with Crippen molar-refractivity contribution in [3.05, 3.63) is 29.3 Å². The van der Waals surface area contributed by atoms with Crippen LogP contribution >= 0.6 is 11.6 Å². The number of hydrogen-bond donors (Lipinski definition) is 1. The number of methoxy groups -OCH3 is 1. The SMILES string of the molecule is COC(=O)C(C)(O)COc1ccccc1Cl. The number of carbonyl (C=O) groups is 1. The van der Waals surface area contributed by atoms with E-state index in [0.717, 1.165) is 0 Å². The van der Waals surface area contributed by atoms with Crippen molar-refractivity contribution >= 4 is 17.6 Å². The lowest BCUT2D eigenvalue weighted by molar-refractivity contribution is -0.163. The first-order valence-corrected chi connectivity index (χ1v) is 5.03. The van der Waals surface area contributed by atoms with E-state index in [1.54, 1.807) is 24.3 Å². The Morgan fingerprint density at radius 3 is 2.69 bits per heavy atom. The van der Waals surface area contributed by atoms with Crippen molar-refractivity contribution in [2.45, 2.75) is 12.5 Å². The number of ether oxygens (including phenoxy) is 2. The van der Waals surface area contributed by atoms with E-state index in [9.17, 15) is 9.90 Å². The summed E-state index contributed by atoms with van der Waals surface area (Å²) < 4.78 is 9.67. The van der Waals surface area contributed by atoms with Gasteiger partial charge >= 0.3 is 5.97 Å². The highest BCUT2D eigenvalue weighted by molar-refractivity contribution is 6.32. The number of benzene rings is 1. The second kappa shape index (κ2) is 5.18. The van der Waals surface area contributed by atoms with E-state index < -0.39 is 11.6 Å². The van der Waals surface area contributed by atoms with Gasteiger partial charge in [-0.2, -0.15) is 0 Å². The molecule has 1 aromatic carbocycles. The van der Waals surface area contributed by atoms with Crippen LogP contribution in [0.3, 0.4) is 0 Å². The maximum absolute atomic E-state index is 11.2. The maximum atomic E-state index is 11.2. The van der Waals surface area contributed by atoms with Gasteiger partial charge in [0.05, 0.1) is 12.1 Å². The predicted molar refractivity (Wildman–Crippen MR) is 59.6 cm³/mol. The molecule has 0 saturated carbocycles. The topological polar surface area (TPSA) is 55.8 Å². The van der Waals surface area contributed by atoms with Crippen LogP contribution in [0, 0.1) is 0 Å². The molecule has 5 heteroatoms. The third-order valence-electron chi connectivity index (χ3n) is 1.97. The third kappa shape index (κ3) is 3.12. The molecule has 0 aromatic heterocycles. The summed E-state index contributed by atoms with van der Waals surface area (Å²) in [6, 6.07) is 6.81. The van der Waals surface area contributed by atoms with Crippen LogP contribution < -0.4 is 4.74 Å². The van der Waals surface area contributed by atoms with E-state index in [4.69, 9.17) is 16.3 Å². The second-order valence-electron chi connectivity index (χ2n) is 3.48. The van der Waals surface area contributed by atoms with Crippen molar-refractivity contribution in [2.75, 3.05) is 13.7 Å². The average Bonchev–Trinajstić information content (AvgIpc) is 2.27. The van der Waals surface area contributed by atoms with E-state index in [0.29, 0.717) is 10.8 Å². The van der Waals surface area contributed by atoms with E-state index in [-0.39, 0.29) is 6.61 Å². The Kier molecular flexibility index (Phi) is 4.15. The quantitative estimate of drug-likeness (QED) is 0.819. The molecule has 88 valence electrons. The minimum atomic E-state index is -1.69. The lowest BCUT2D eigenvalue weighted by Crippen LogP contribution is -2.42. The highest BCUT2D eigenvalue weighted by atomic mass is 35.5. The van der Waals surface area contributed by atoms with Gasteiger partial charge in [-0.1, -0.05) is 23.7 Å². The zero-order chi connectivity index (χ0) is 12.2. The van der Waals surface area contributed by atoms with Gasteiger partial charge in [0.25, 0.3) is 0 Å². The molecule has 4 nitrogen and oxygen atoms in total. The maximum Gasteiger partial charge on any atom is 0.341 e. The molecule has 0 bridgehead atoms. The van der Waals surface area contributed by atoms with Gasteiger partial charge in [-0.25, -0.2) is 4.79 Å². The number of halogens is 1. The molecule has 1 unspecified atom stereocenters. The number of hydrogen-bond acceptors (Lipinski definition) is 4. The second-order valence-corrected chi connectivity index (χ2v) is 3.89. The molecule has 0 fully saturated rings. The molecule has 0 amide bonds. The molecule has 16 heavy (non-hydrogen) atoms. The van der Waals surface area contributed by atoms with Gasteiger partial charge in [0.1, 0.15) is 12.4 Å². The molecule has 0 saturated heterocycles. The minimum absolute atomic E-state index is 0.219. The lowest BCUT2D eigenvalue weighted by Gasteiger charge is -2.20. The van der Waals surface area contributed by atoms with E-state index >= 15 is 0 Å². The summed E-state index contributed by atoms with van der Waals surface area (Å²) in [4.78, 5) is 11.2. The normalized spacial score (nSPS) is 14.0. The fourth-order valence-corrected chi connectivity index (χ4v) is 1.25.